The molecule has 2 aromatic rings. The first-order chi connectivity index (χ1) is 11.5. The summed E-state index contributed by atoms with van der Waals surface area (Å²) in [6, 6.07) is 11.2. The van der Waals surface area contributed by atoms with Crippen LogP contribution in [0.3, 0.4) is 0 Å². The fourth-order valence-electron chi connectivity index (χ4n) is 2.05. The maximum Gasteiger partial charge on any atom is 0.262 e. The number of nitrogens with one attached hydrogen (secondary N) is 2. The summed E-state index contributed by atoms with van der Waals surface area (Å²) in [6.07, 6.45) is 0. The largest absolute Gasteiger partial charge is 0.326 e. The van der Waals surface area contributed by atoms with Crippen molar-refractivity contribution in [1.82, 2.24) is 0 Å². The van der Waals surface area contributed by atoms with Crippen molar-refractivity contribution in [1.29, 1.82) is 0 Å². The lowest BCUT2D eigenvalue weighted by Gasteiger charge is -2.18. The molecule has 1 amide bonds. The third kappa shape index (κ3) is 4.96. The van der Waals surface area contributed by atoms with Gasteiger partial charge in [-0.15, -0.1) is 0 Å². The Labute approximate surface area is 153 Å². The van der Waals surface area contributed by atoms with Gasteiger partial charge < -0.3 is 5.32 Å². The summed E-state index contributed by atoms with van der Waals surface area (Å²) in [4.78, 5) is 12.2. The Morgan fingerprint density at radius 3 is 2.32 bits per heavy atom. The van der Waals surface area contributed by atoms with Gasteiger partial charge in [0.1, 0.15) is 0 Å². The molecular formula is C18H21ClN2O3S. The van der Waals surface area contributed by atoms with Gasteiger partial charge in [-0.3, -0.25) is 9.52 Å². The van der Waals surface area contributed by atoms with Gasteiger partial charge in [-0.05, 0) is 42.8 Å². The SMILES string of the molecule is Cc1ccc(NC(=O)C(C)(C)C)cc1S(=O)(=O)Nc1cccc(Cl)c1. The van der Waals surface area contributed by atoms with E-state index in [0.29, 0.717) is 22.0 Å². The molecule has 0 heterocycles. The number of sulfonamides is 1. The molecule has 0 saturated heterocycles. The number of benzene rings is 2. The van der Waals surface area contributed by atoms with Crippen LogP contribution in [-0.2, 0) is 14.8 Å². The zero-order valence-corrected chi connectivity index (χ0v) is 16.1. The quantitative estimate of drug-likeness (QED) is 0.823. The maximum atomic E-state index is 12.7. The van der Waals surface area contributed by atoms with Crippen molar-refractivity contribution in [3.63, 3.8) is 0 Å². The Balaban J connectivity index is 2.34. The number of amides is 1. The van der Waals surface area contributed by atoms with E-state index in [-0.39, 0.29) is 10.8 Å². The zero-order chi connectivity index (χ0) is 18.8. The highest BCUT2D eigenvalue weighted by molar-refractivity contribution is 7.92. The molecule has 0 spiro atoms. The summed E-state index contributed by atoms with van der Waals surface area (Å²) >= 11 is 5.89. The minimum atomic E-state index is -3.81. The molecule has 0 aliphatic heterocycles. The summed E-state index contributed by atoms with van der Waals surface area (Å²) in [5, 5.41) is 3.18. The van der Waals surface area contributed by atoms with E-state index in [9.17, 15) is 13.2 Å². The molecule has 0 fully saturated rings. The van der Waals surface area contributed by atoms with Crippen LogP contribution in [0.15, 0.2) is 47.4 Å². The van der Waals surface area contributed by atoms with Gasteiger partial charge in [0.05, 0.1) is 10.6 Å². The normalized spacial score (nSPS) is 11.9. The van der Waals surface area contributed by atoms with Gasteiger partial charge >= 0.3 is 0 Å². The van der Waals surface area contributed by atoms with Crippen molar-refractivity contribution in [2.24, 2.45) is 5.41 Å². The molecule has 0 atom stereocenters. The number of carbonyl (C=O) groups excluding carboxylic acids is 1. The van der Waals surface area contributed by atoms with Crippen molar-refractivity contribution in [3.05, 3.63) is 53.1 Å². The number of rotatable bonds is 4. The average molecular weight is 381 g/mol. The predicted molar refractivity (Wildman–Crippen MR) is 102 cm³/mol. The van der Waals surface area contributed by atoms with Crippen LogP contribution >= 0.6 is 11.6 Å². The first kappa shape index (κ1) is 19.3. The Bertz CT molecular complexity index is 903. The van der Waals surface area contributed by atoms with Crippen molar-refractivity contribution in [2.45, 2.75) is 32.6 Å². The van der Waals surface area contributed by atoms with Gasteiger partial charge in [0.15, 0.2) is 0 Å². The molecule has 2 N–H and O–H groups in total. The average Bonchev–Trinajstić information content (AvgIpc) is 2.47. The number of anilines is 2. The van der Waals surface area contributed by atoms with Crippen LogP contribution in [-0.4, -0.2) is 14.3 Å². The third-order valence-electron chi connectivity index (χ3n) is 3.49. The molecule has 0 bridgehead atoms. The van der Waals surface area contributed by atoms with E-state index < -0.39 is 15.4 Å². The van der Waals surface area contributed by atoms with E-state index in [2.05, 4.69) is 10.0 Å². The van der Waals surface area contributed by atoms with Gasteiger partial charge in [0.25, 0.3) is 10.0 Å². The predicted octanol–water partition coefficient (Wildman–Crippen LogP) is 4.43. The minimum Gasteiger partial charge on any atom is -0.326 e. The smallest absolute Gasteiger partial charge is 0.262 e. The summed E-state index contributed by atoms with van der Waals surface area (Å²) < 4.78 is 27.9. The fraction of sp³-hybridized carbons (Fsp3) is 0.278. The molecule has 25 heavy (non-hydrogen) atoms. The zero-order valence-electron chi connectivity index (χ0n) is 14.6. The molecule has 2 aromatic carbocycles. The first-order valence-corrected chi connectivity index (χ1v) is 9.56. The van der Waals surface area contributed by atoms with Crippen molar-refractivity contribution in [3.8, 4) is 0 Å². The van der Waals surface area contributed by atoms with Gasteiger partial charge in [0.2, 0.25) is 5.91 Å². The summed E-state index contributed by atoms with van der Waals surface area (Å²) in [7, 11) is -3.81. The third-order valence-corrected chi connectivity index (χ3v) is 5.25. The number of hydrogen-bond acceptors (Lipinski definition) is 3. The first-order valence-electron chi connectivity index (χ1n) is 7.69. The number of aryl methyl sites for hydroxylation is 1. The monoisotopic (exact) mass is 380 g/mol. The Morgan fingerprint density at radius 1 is 1.04 bits per heavy atom. The van der Waals surface area contributed by atoms with Crippen LogP contribution in [0.5, 0.6) is 0 Å². The van der Waals surface area contributed by atoms with Gasteiger partial charge in [-0.25, -0.2) is 8.42 Å². The molecular weight excluding hydrogens is 360 g/mol. The molecule has 0 unspecified atom stereocenters. The molecule has 0 radical (unpaired) electrons. The van der Waals surface area contributed by atoms with Crippen LogP contribution < -0.4 is 10.0 Å². The van der Waals surface area contributed by atoms with Crippen molar-refractivity contribution < 1.29 is 13.2 Å². The summed E-state index contributed by atoms with van der Waals surface area (Å²) in [5.74, 6) is -0.192. The lowest BCUT2D eigenvalue weighted by Crippen LogP contribution is -2.27. The van der Waals surface area contributed by atoms with Crippen LogP contribution in [0, 0.1) is 12.3 Å². The Morgan fingerprint density at radius 2 is 1.72 bits per heavy atom. The lowest BCUT2D eigenvalue weighted by molar-refractivity contribution is -0.123. The molecule has 7 heteroatoms. The molecule has 0 aliphatic carbocycles. The summed E-state index contributed by atoms with van der Waals surface area (Å²) in [6.45, 7) is 7.06. The van der Waals surface area contributed by atoms with Gasteiger partial charge in [-0.1, -0.05) is 44.5 Å². The number of halogens is 1. The molecule has 5 nitrogen and oxygen atoms in total. The fourth-order valence-corrected chi connectivity index (χ4v) is 3.56. The van der Waals surface area contributed by atoms with Crippen LogP contribution in [0.25, 0.3) is 0 Å². The van der Waals surface area contributed by atoms with Crippen LogP contribution in [0.1, 0.15) is 26.3 Å². The highest BCUT2D eigenvalue weighted by atomic mass is 35.5. The van der Waals surface area contributed by atoms with E-state index in [1.807, 2.05) is 0 Å². The molecule has 134 valence electrons. The molecule has 2 rings (SSSR count). The number of hydrogen-bond donors (Lipinski definition) is 2. The van der Waals surface area contributed by atoms with Gasteiger partial charge in [-0.2, -0.15) is 0 Å². The minimum absolute atomic E-state index is 0.0965. The van der Waals surface area contributed by atoms with Crippen LogP contribution in [0.4, 0.5) is 11.4 Å². The Kier molecular flexibility index (Phi) is 5.44. The number of carbonyl (C=O) groups is 1. The molecule has 0 saturated carbocycles. The highest BCUT2D eigenvalue weighted by Crippen LogP contribution is 2.25. The van der Waals surface area contributed by atoms with Crippen LogP contribution in [0.2, 0.25) is 5.02 Å². The summed E-state index contributed by atoms with van der Waals surface area (Å²) in [5.41, 5.74) is 0.791. The van der Waals surface area contributed by atoms with E-state index in [1.165, 1.54) is 12.1 Å². The topological polar surface area (TPSA) is 75.3 Å². The van der Waals surface area contributed by atoms with E-state index in [4.69, 9.17) is 11.6 Å². The maximum absolute atomic E-state index is 12.7. The van der Waals surface area contributed by atoms with E-state index in [0.717, 1.165) is 0 Å². The second-order valence-corrected chi connectivity index (χ2v) is 8.89. The lowest BCUT2D eigenvalue weighted by atomic mass is 9.95. The second-order valence-electron chi connectivity index (χ2n) is 6.80. The van der Waals surface area contributed by atoms with Gasteiger partial charge in [0, 0.05) is 16.1 Å². The van der Waals surface area contributed by atoms with E-state index in [1.54, 1.807) is 58.0 Å². The second kappa shape index (κ2) is 7.06. The molecule has 0 aromatic heterocycles. The molecule has 0 aliphatic rings. The van der Waals surface area contributed by atoms with Crippen molar-refractivity contribution in [2.75, 3.05) is 10.0 Å². The standard InChI is InChI=1S/C18H21ClN2O3S/c1-12-8-9-14(20-17(22)18(2,3)4)11-16(12)25(23,24)21-15-7-5-6-13(19)10-15/h5-11,21H,1-4H3,(H,20,22). The highest BCUT2D eigenvalue weighted by Gasteiger charge is 2.23. The Hall–Kier alpha value is -2.05. The van der Waals surface area contributed by atoms with Crippen molar-refractivity contribution >= 4 is 38.9 Å². The van der Waals surface area contributed by atoms with E-state index >= 15 is 0 Å².